The number of carbonyl (C=O) groups is 1. The molecule has 1 aliphatic rings. The van der Waals surface area contributed by atoms with E-state index in [-0.39, 0.29) is 32.2 Å². The van der Waals surface area contributed by atoms with Gasteiger partial charge in [-0.2, -0.15) is 13.2 Å². The first-order valence-electron chi connectivity index (χ1n) is 6.46. The molecule has 1 N–H and O–H groups in total. The monoisotopic (exact) mass is 283 g/mol. The van der Waals surface area contributed by atoms with E-state index in [1.807, 2.05) is 11.8 Å². The van der Waals surface area contributed by atoms with Crippen molar-refractivity contribution in [2.24, 2.45) is 5.92 Å². The van der Waals surface area contributed by atoms with Crippen LogP contribution in [0.2, 0.25) is 0 Å². The van der Waals surface area contributed by atoms with E-state index in [0.717, 1.165) is 6.42 Å². The minimum Gasteiger partial charge on any atom is -0.481 e. The number of ether oxygens (including phenoxy) is 1. The van der Waals surface area contributed by atoms with Crippen molar-refractivity contribution in [3.63, 3.8) is 0 Å². The topological polar surface area (TPSA) is 49.8 Å². The summed E-state index contributed by atoms with van der Waals surface area (Å²) in [4.78, 5) is 12.9. The number of carboxylic acid groups (broad SMARTS) is 1. The molecule has 4 nitrogen and oxygen atoms in total. The number of aliphatic carboxylic acids is 1. The van der Waals surface area contributed by atoms with Crippen LogP contribution in [0.3, 0.4) is 0 Å². The third-order valence-electron chi connectivity index (χ3n) is 3.25. The summed E-state index contributed by atoms with van der Waals surface area (Å²) in [6.45, 7) is 3.19. The van der Waals surface area contributed by atoms with Gasteiger partial charge in [-0.3, -0.25) is 9.69 Å². The minimum absolute atomic E-state index is 0.00760. The van der Waals surface area contributed by atoms with Crippen LogP contribution in [0.4, 0.5) is 13.2 Å². The standard InChI is InChI=1S/C12H20F3NO3/c1-2-5-16(6-3-4-12(13,14)15)10-8-19-7-9(10)11(17)18/h9-10H,2-8H2,1H3,(H,17,18). The molecule has 0 spiro atoms. The molecule has 0 amide bonds. The maximum atomic E-state index is 12.1. The first-order valence-corrected chi connectivity index (χ1v) is 6.46. The highest BCUT2D eigenvalue weighted by Gasteiger charge is 2.38. The highest BCUT2D eigenvalue weighted by molar-refractivity contribution is 5.71. The molecule has 1 heterocycles. The quantitative estimate of drug-likeness (QED) is 0.777. The summed E-state index contributed by atoms with van der Waals surface area (Å²) in [6, 6.07) is -0.314. The Morgan fingerprint density at radius 1 is 1.37 bits per heavy atom. The molecule has 0 radical (unpaired) electrons. The smallest absolute Gasteiger partial charge is 0.389 e. The number of nitrogens with zero attached hydrogens (tertiary/aromatic N) is 1. The van der Waals surface area contributed by atoms with E-state index in [1.165, 1.54) is 0 Å². The van der Waals surface area contributed by atoms with Crippen LogP contribution in [-0.4, -0.2) is 54.5 Å². The fourth-order valence-electron chi connectivity index (χ4n) is 2.35. The molecule has 19 heavy (non-hydrogen) atoms. The van der Waals surface area contributed by atoms with Crippen LogP contribution in [0.5, 0.6) is 0 Å². The average Bonchev–Trinajstić information content (AvgIpc) is 2.75. The lowest BCUT2D eigenvalue weighted by Gasteiger charge is -2.30. The van der Waals surface area contributed by atoms with E-state index in [0.29, 0.717) is 6.54 Å². The van der Waals surface area contributed by atoms with Gasteiger partial charge in [-0.05, 0) is 25.9 Å². The minimum atomic E-state index is -4.16. The lowest BCUT2D eigenvalue weighted by atomic mass is 10.0. The second-order valence-electron chi connectivity index (χ2n) is 4.80. The molecule has 1 rings (SSSR count). The molecule has 1 saturated heterocycles. The molecule has 7 heteroatoms. The average molecular weight is 283 g/mol. The molecule has 0 aliphatic carbocycles. The second-order valence-corrected chi connectivity index (χ2v) is 4.80. The van der Waals surface area contributed by atoms with Gasteiger partial charge in [0.1, 0.15) is 0 Å². The largest absolute Gasteiger partial charge is 0.481 e. The zero-order valence-electron chi connectivity index (χ0n) is 10.9. The number of hydrogen-bond acceptors (Lipinski definition) is 3. The van der Waals surface area contributed by atoms with Gasteiger partial charge >= 0.3 is 12.1 Å². The first-order chi connectivity index (χ1) is 8.85. The van der Waals surface area contributed by atoms with E-state index < -0.39 is 24.5 Å². The van der Waals surface area contributed by atoms with E-state index in [2.05, 4.69) is 0 Å². The van der Waals surface area contributed by atoms with Crippen LogP contribution < -0.4 is 0 Å². The van der Waals surface area contributed by atoms with Crippen LogP contribution in [0, 0.1) is 5.92 Å². The maximum Gasteiger partial charge on any atom is 0.389 e. The molecule has 0 aromatic carbocycles. The molecule has 2 unspecified atom stereocenters. The normalized spacial score (nSPS) is 24.1. The van der Waals surface area contributed by atoms with Gasteiger partial charge in [0, 0.05) is 12.5 Å². The van der Waals surface area contributed by atoms with Crippen LogP contribution in [-0.2, 0) is 9.53 Å². The predicted molar refractivity (Wildman–Crippen MR) is 62.9 cm³/mol. The van der Waals surface area contributed by atoms with E-state index in [4.69, 9.17) is 9.84 Å². The lowest BCUT2D eigenvalue weighted by Crippen LogP contribution is -2.44. The SMILES string of the molecule is CCCN(CCCC(F)(F)F)C1COCC1C(=O)O. The summed E-state index contributed by atoms with van der Waals surface area (Å²) in [7, 11) is 0. The molecule has 2 atom stereocenters. The summed E-state index contributed by atoms with van der Waals surface area (Å²) in [5.74, 6) is -1.59. The number of alkyl halides is 3. The van der Waals surface area contributed by atoms with Crippen molar-refractivity contribution in [1.29, 1.82) is 0 Å². The van der Waals surface area contributed by atoms with E-state index in [1.54, 1.807) is 0 Å². The van der Waals surface area contributed by atoms with Crippen molar-refractivity contribution in [3.05, 3.63) is 0 Å². The van der Waals surface area contributed by atoms with Crippen LogP contribution in [0.15, 0.2) is 0 Å². The second kappa shape index (κ2) is 7.09. The third-order valence-corrected chi connectivity index (χ3v) is 3.25. The van der Waals surface area contributed by atoms with Gasteiger partial charge in [0.15, 0.2) is 0 Å². The molecule has 0 bridgehead atoms. The van der Waals surface area contributed by atoms with Crippen molar-refractivity contribution >= 4 is 5.97 Å². The van der Waals surface area contributed by atoms with Gasteiger partial charge < -0.3 is 9.84 Å². The maximum absolute atomic E-state index is 12.1. The Balaban J connectivity index is 2.53. The zero-order chi connectivity index (χ0) is 14.5. The fourth-order valence-corrected chi connectivity index (χ4v) is 2.35. The van der Waals surface area contributed by atoms with Gasteiger partial charge in [-0.15, -0.1) is 0 Å². The van der Waals surface area contributed by atoms with E-state index in [9.17, 15) is 18.0 Å². The Labute approximate surface area is 110 Å². The summed E-state index contributed by atoms with van der Waals surface area (Å²) < 4.78 is 41.6. The first kappa shape index (κ1) is 16.2. The van der Waals surface area contributed by atoms with Gasteiger partial charge in [0.2, 0.25) is 0 Å². The predicted octanol–water partition coefficient (Wildman–Crippen LogP) is 2.14. The number of halogens is 3. The van der Waals surface area contributed by atoms with Crippen LogP contribution in [0.25, 0.3) is 0 Å². The number of rotatable bonds is 7. The molecule has 0 aromatic heterocycles. The van der Waals surface area contributed by atoms with Gasteiger partial charge in [-0.25, -0.2) is 0 Å². The lowest BCUT2D eigenvalue weighted by molar-refractivity contribution is -0.144. The highest BCUT2D eigenvalue weighted by atomic mass is 19.4. The van der Waals surface area contributed by atoms with Gasteiger partial charge in [0.25, 0.3) is 0 Å². The van der Waals surface area contributed by atoms with Crippen molar-refractivity contribution in [2.75, 3.05) is 26.3 Å². The van der Waals surface area contributed by atoms with Crippen molar-refractivity contribution < 1.29 is 27.8 Å². The van der Waals surface area contributed by atoms with E-state index >= 15 is 0 Å². The molecule has 0 saturated carbocycles. The summed E-state index contributed by atoms with van der Waals surface area (Å²) in [5, 5.41) is 9.07. The van der Waals surface area contributed by atoms with Crippen molar-refractivity contribution in [1.82, 2.24) is 4.90 Å². The van der Waals surface area contributed by atoms with Gasteiger partial charge in [0.05, 0.1) is 19.1 Å². The fraction of sp³-hybridized carbons (Fsp3) is 0.917. The molecule has 112 valence electrons. The summed E-state index contributed by atoms with van der Waals surface area (Å²) in [5.41, 5.74) is 0. The Morgan fingerprint density at radius 2 is 2.05 bits per heavy atom. The Morgan fingerprint density at radius 3 is 2.58 bits per heavy atom. The molecule has 1 aliphatic heterocycles. The number of carboxylic acids is 1. The van der Waals surface area contributed by atoms with Crippen LogP contribution in [0.1, 0.15) is 26.2 Å². The zero-order valence-corrected chi connectivity index (χ0v) is 10.9. The summed E-state index contributed by atoms with van der Waals surface area (Å²) in [6.07, 6.45) is -4.23. The Hall–Kier alpha value is -0.820. The van der Waals surface area contributed by atoms with Crippen molar-refractivity contribution in [3.8, 4) is 0 Å². The molecule has 0 aromatic rings. The number of hydrogen-bond donors (Lipinski definition) is 1. The third kappa shape index (κ3) is 5.36. The van der Waals surface area contributed by atoms with Crippen LogP contribution >= 0.6 is 0 Å². The molecular weight excluding hydrogens is 263 g/mol. The summed E-state index contributed by atoms with van der Waals surface area (Å²) >= 11 is 0. The van der Waals surface area contributed by atoms with Gasteiger partial charge in [-0.1, -0.05) is 6.92 Å². The highest BCUT2D eigenvalue weighted by Crippen LogP contribution is 2.24. The Bertz CT molecular complexity index is 296. The Kier molecular flexibility index (Phi) is 6.06. The van der Waals surface area contributed by atoms with Crippen molar-refractivity contribution in [2.45, 2.75) is 38.4 Å². The molecule has 1 fully saturated rings. The molecular formula is C12H20F3NO3.